The maximum Gasteiger partial charge on any atom is 0.347 e. The van der Waals surface area contributed by atoms with Gasteiger partial charge in [-0.2, -0.15) is 0 Å². The van der Waals surface area contributed by atoms with Crippen LogP contribution in [0, 0.1) is 0 Å². The van der Waals surface area contributed by atoms with Crippen molar-refractivity contribution in [1.82, 2.24) is 0 Å². The molecule has 0 amide bonds. The Morgan fingerprint density at radius 1 is 1.00 bits per heavy atom. The molecule has 0 unspecified atom stereocenters. The zero-order valence-corrected chi connectivity index (χ0v) is 12.5. The fourth-order valence-electron chi connectivity index (χ4n) is 2.16. The van der Waals surface area contributed by atoms with Gasteiger partial charge in [0.15, 0.2) is 0 Å². The van der Waals surface area contributed by atoms with Gasteiger partial charge in [0.1, 0.15) is 11.5 Å². The first-order valence-electron chi connectivity index (χ1n) is 6.83. The number of hydrogen-bond donors (Lipinski definition) is 0. The lowest BCUT2D eigenvalue weighted by atomic mass is 10.1. The standard InChI is InChI=1S/C17H10O7/c1-3-9(6-12-8(2)14(18)23-16(12)20)22-10-4-5-11-13(7-10)17(21)24-15(11)19/h3-7H,2H2,1H3/b9-3+,12-6+. The number of benzene rings is 1. The molecular formula is C17H10O7. The Hall–Kier alpha value is -3.48. The molecule has 2 aliphatic heterocycles. The number of carbonyl (C=O) groups is 4. The lowest BCUT2D eigenvalue weighted by Gasteiger charge is -2.07. The molecule has 0 atom stereocenters. The van der Waals surface area contributed by atoms with Crippen molar-refractivity contribution < 1.29 is 33.4 Å². The monoisotopic (exact) mass is 326 g/mol. The third kappa shape index (κ3) is 2.52. The van der Waals surface area contributed by atoms with Crippen LogP contribution in [0.4, 0.5) is 0 Å². The summed E-state index contributed by atoms with van der Waals surface area (Å²) in [6, 6.07) is 4.25. The second-order valence-corrected chi connectivity index (χ2v) is 4.89. The fourth-order valence-corrected chi connectivity index (χ4v) is 2.16. The van der Waals surface area contributed by atoms with Gasteiger partial charge in [-0.3, -0.25) is 0 Å². The van der Waals surface area contributed by atoms with Crippen LogP contribution < -0.4 is 4.74 Å². The van der Waals surface area contributed by atoms with Crippen molar-refractivity contribution in [3.05, 3.63) is 65.0 Å². The Balaban J connectivity index is 1.88. The van der Waals surface area contributed by atoms with Crippen molar-refractivity contribution >= 4 is 23.9 Å². The van der Waals surface area contributed by atoms with Gasteiger partial charge in [0.2, 0.25) is 0 Å². The first-order chi connectivity index (χ1) is 11.4. The number of hydrogen-bond acceptors (Lipinski definition) is 7. The second-order valence-electron chi connectivity index (χ2n) is 4.89. The van der Waals surface area contributed by atoms with Gasteiger partial charge in [-0.25, -0.2) is 19.2 Å². The molecule has 0 saturated carbocycles. The van der Waals surface area contributed by atoms with Crippen LogP contribution in [0.15, 0.2) is 53.8 Å². The van der Waals surface area contributed by atoms with E-state index in [1.54, 1.807) is 13.0 Å². The summed E-state index contributed by atoms with van der Waals surface area (Å²) in [5, 5.41) is 0. The van der Waals surface area contributed by atoms with Crippen LogP contribution in [0.2, 0.25) is 0 Å². The van der Waals surface area contributed by atoms with Crippen LogP contribution in [0.1, 0.15) is 27.6 Å². The summed E-state index contributed by atoms with van der Waals surface area (Å²) < 4.78 is 14.5. The predicted molar refractivity (Wildman–Crippen MR) is 78.9 cm³/mol. The summed E-state index contributed by atoms with van der Waals surface area (Å²) >= 11 is 0. The maximum absolute atomic E-state index is 11.6. The Kier molecular flexibility index (Phi) is 3.61. The minimum absolute atomic E-state index is 0.0103. The average molecular weight is 326 g/mol. The first kappa shape index (κ1) is 15.4. The predicted octanol–water partition coefficient (Wildman–Crippen LogP) is 1.85. The van der Waals surface area contributed by atoms with Crippen molar-refractivity contribution in [2.45, 2.75) is 6.92 Å². The Bertz CT molecular complexity index is 886. The van der Waals surface area contributed by atoms with Crippen molar-refractivity contribution in [3.8, 4) is 5.75 Å². The van der Waals surface area contributed by atoms with E-state index in [4.69, 9.17) is 4.74 Å². The summed E-state index contributed by atoms with van der Waals surface area (Å²) in [7, 11) is 0. The zero-order valence-electron chi connectivity index (χ0n) is 12.5. The van der Waals surface area contributed by atoms with E-state index in [1.165, 1.54) is 24.3 Å². The number of fused-ring (bicyclic) bond motifs is 1. The van der Waals surface area contributed by atoms with Crippen LogP contribution in [-0.2, 0) is 19.1 Å². The van der Waals surface area contributed by atoms with E-state index in [0.717, 1.165) is 0 Å². The van der Waals surface area contributed by atoms with Crippen LogP contribution in [0.3, 0.4) is 0 Å². The van der Waals surface area contributed by atoms with Gasteiger partial charge in [0, 0.05) is 0 Å². The highest BCUT2D eigenvalue weighted by Crippen LogP contribution is 2.27. The van der Waals surface area contributed by atoms with Crippen molar-refractivity contribution in [1.29, 1.82) is 0 Å². The van der Waals surface area contributed by atoms with E-state index < -0.39 is 23.9 Å². The van der Waals surface area contributed by atoms with E-state index in [2.05, 4.69) is 16.1 Å². The Labute approximate surface area is 135 Å². The largest absolute Gasteiger partial charge is 0.458 e. The fraction of sp³-hybridized carbons (Fsp3) is 0.0588. The molecule has 24 heavy (non-hydrogen) atoms. The van der Waals surface area contributed by atoms with Crippen LogP contribution in [-0.4, -0.2) is 23.9 Å². The molecule has 2 aliphatic rings. The molecule has 120 valence electrons. The third-order valence-corrected chi connectivity index (χ3v) is 3.40. The molecule has 0 N–H and O–H groups in total. The molecule has 7 heteroatoms. The molecule has 1 aromatic rings. The van der Waals surface area contributed by atoms with Crippen molar-refractivity contribution in [3.63, 3.8) is 0 Å². The molecule has 1 aromatic carbocycles. The van der Waals surface area contributed by atoms with E-state index in [1.807, 2.05) is 0 Å². The van der Waals surface area contributed by atoms with Crippen molar-refractivity contribution in [2.24, 2.45) is 0 Å². The molecular weight excluding hydrogens is 316 g/mol. The highest BCUT2D eigenvalue weighted by molar-refractivity contribution is 6.18. The molecule has 0 aromatic heterocycles. The van der Waals surface area contributed by atoms with E-state index >= 15 is 0 Å². The quantitative estimate of drug-likeness (QED) is 0.362. The lowest BCUT2D eigenvalue weighted by Crippen LogP contribution is -2.00. The summed E-state index contributed by atoms with van der Waals surface area (Å²) in [6.07, 6.45) is 2.86. The first-order valence-corrected chi connectivity index (χ1v) is 6.83. The van der Waals surface area contributed by atoms with E-state index in [0.29, 0.717) is 0 Å². The average Bonchev–Trinajstić information content (AvgIpc) is 2.96. The normalized spacial score (nSPS) is 18.8. The highest BCUT2D eigenvalue weighted by atomic mass is 16.6. The van der Waals surface area contributed by atoms with Gasteiger partial charge in [0.25, 0.3) is 0 Å². The summed E-state index contributed by atoms with van der Waals surface area (Å²) in [5.74, 6) is -2.58. The molecule has 0 bridgehead atoms. The Morgan fingerprint density at radius 2 is 1.67 bits per heavy atom. The molecule has 0 radical (unpaired) electrons. The van der Waals surface area contributed by atoms with Gasteiger partial charge in [-0.1, -0.05) is 6.58 Å². The molecule has 3 rings (SSSR count). The van der Waals surface area contributed by atoms with Crippen LogP contribution in [0.25, 0.3) is 0 Å². The molecule has 1 fully saturated rings. The van der Waals surface area contributed by atoms with Gasteiger partial charge < -0.3 is 14.2 Å². The zero-order chi connectivity index (χ0) is 17.4. The van der Waals surface area contributed by atoms with Gasteiger partial charge >= 0.3 is 23.9 Å². The molecule has 0 aliphatic carbocycles. The lowest BCUT2D eigenvalue weighted by molar-refractivity contribution is -0.149. The maximum atomic E-state index is 11.6. The molecule has 1 saturated heterocycles. The van der Waals surface area contributed by atoms with Crippen LogP contribution >= 0.6 is 0 Å². The smallest absolute Gasteiger partial charge is 0.347 e. The molecule has 0 spiro atoms. The number of carbonyl (C=O) groups excluding carboxylic acids is 4. The minimum Gasteiger partial charge on any atom is -0.458 e. The minimum atomic E-state index is -0.809. The Morgan fingerprint density at radius 3 is 2.29 bits per heavy atom. The number of cyclic esters (lactones) is 4. The number of esters is 4. The second kappa shape index (κ2) is 5.62. The molecule has 7 nitrogen and oxygen atoms in total. The van der Waals surface area contributed by atoms with Crippen LogP contribution in [0.5, 0.6) is 5.75 Å². The number of ether oxygens (including phenoxy) is 3. The van der Waals surface area contributed by atoms with E-state index in [9.17, 15) is 19.2 Å². The van der Waals surface area contributed by atoms with Gasteiger partial charge in [0.05, 0.1) is 22.3 Å². The third-order valence-electron chi connectivity index (χ3n) is 3.40. The summed E-state index contributed by atoms with van der Waals surface area (Å²) in [6.45, 7) is 5.14. The van der Waals surface area contributed by atoms with E-state index in [-0.39, 0.29) is 33.8 Å². The van der Waals surface area contributed by atoms with Crippen molar-refractivity contribution in [2.75, 3.05) is 0 Å². The number of allylic oxidation sites excluding steroid dienone is 2. The summed E-state index contributed by atoms with van der Waals surface area (Å²) in [4.78, 5) is 45.8. The SMILES string of the molecule is C=C1C(=O)OC(=O)/C1=C/C(=C\C)Oc1ccc2c(c1)C(=O)OC2=O. The van der Waals surface area contributed by atoms with Gasteiger partial charge in [-0.05, 0) is 37.3 Å². The highest BCUT2D eigenvalue weighted by Gasteiger charge is 2.32. The summed E-state index contributed by atoms with van der Waals surface area (Å²) in [5.41, 5.74) is 0.182. The topological polar surface area (TPSA) is 96.0 Å². The number of rotatable bonds is 3. The molecule has 2 heterocycles. The van der Waals surface area contributed by atoms with Gasteiger partial charge in [-0.15, -0.1) is 0 Å².